The lowest BCUT2D eigenvalue weighted by molar-refractivity contribution is -0.123. The first-order chi connectivity index (χ1) is 16.5. The molecule has 0 fully saturated rings. The van der Waals surface area contributed by atoms with Crippen molar-refractivity contribution in [2.75, 3.05) is 10.0 Å². The highest BCUT2D eigenvalue weighted by Gasteiger charge is 2.21. The van der Waals surface area contributed by atoms with Crippen LogP contribution in [0.3, 0.4) is 0 Å². The number of sulfonamides is 1. The first-order valence-electron chi connectivity index (χ1n) is 10.5. The van der Waals surface area contributed by atoms with E-state index in [2.05, 4.69) is 10.0 Å². The molecule has 0 aromatic heterocycles. The van der Waals surface area contributed by atoms with Crippen molar-refractivity contribution < 1.29 is 31.9 Å². The standard InChI is InChI=1S/C25H23FN2O6S/c1-15-7-12-22(14-23(15)26)35(32,33)28-21-6-4-5-19(13-21)25(31)34-17(3)24(30)27-20-10-8-18(9-11-20)16(2)29/h4-14,17,28H,1-3H3,(H,27,30)/t17-/m0/s1. The Morgan fingerprint density at radius 1 is 0.914 bits per heavy atom. The fourth-order valence-electron chi connectivity index (χ4n) is 2.98. The molecule has 0 aliphatic rings. The summed E-state index contributed by atoms with van der Waals surface area (Å²) in [6, 6.07) is 15.3. The average molecular weight is 499 g/mol. The molecule has 0 heterocycles. The zero-order valence-corrected chi connectivity index (χ0v) is 20.0. The van der Waals surface area contributed by atoms with Crippen molar-refractivity contribution >= 4 is 39.1 Å². The summed E-state index contributed by atoms with van der Waals surface area (Å²) in [6.07, 6.45) is -1.16. The van der Waals surface area contributed by atoms with Gasteiger partial charge in [0.2, 0.25) is 0 Å². The van der Waals surface area contributed by atoms with Gasteiger partial charge in [0, 0.05) is 16.9 Å². The van der Waals surface area contributed by atoms with Crippen molar-refractivity contribution in [3.05, 3.63) is 89.2 Å². The summed E-state index contributed by atoms with van der Waals surface area (Å²) in [7, 11) is -4.10. The summed E-state index contributed by atoms with van der Waals surface area (Å²) in [4.78, 5) is 36.0. The molecule has 0 radical (unpaired) electrons. The normalized spacial score (nSPS) is 11.9. The maximum absolute atomic E-state index is 13.8. The lowest BCUT2D eigenvalue weighted by atomic mass is 10.1. The fraction of sp³-hybridized carbons (Fsp3) is 0.160. The number of benzene rings is 3. The van der Waals surface area contributed by atoms with Gasteiger partial charge in [0.25, 0.3) is 15.9 Å². The van der Waals surface area contributed by atoms with Crippen molar-refractivity contribution in [1.82, 2.24) is 0 Å². The van der Waals surface area contributed by atoms with Gasteiger partial charge in [-0.25, -0.2) is 17.6 Å². The quantitative estimate of drug-likeness (QED) is 0.353. The molecule has 1 atom stereocenters. The Labute approximate surface area is 202 Å². The molecule has 8 nitrogen and oxygen atoms in total. The molecule has 2 N–H and O–H groups in total. The van der Waals surface area contributed by atoms with E-state index in [9.17, 15) is 27.2 Å². The van der Waals surface area contributed by atoms with Gasteiger partial charge in [-0.15, -0.1) is 0 Å². The van der Waals surface area contributed by atoms with Gasteiger partial charge in [0.05, 0.1) is 10.5 Å². The van der Waals surface area contributed by atoms with Crippen LogP contribution < -0.4 is 10.0 Å². The number of hydrogen-bond donors (Lipinski definition) is 2. The number of hydrogen-bond acceptors (Lipinski definition) is 6. The zero-order valence-electron chi connectivity index (χ0n) is 19.2. The summed E-state index contributed by atoms with van der Waals surface area (Å²) in [5.41, 5.74) is 1.28. The molecule has 182 valence electrons. The summed E-state index contributed by atoms with van der Waals surface area (Å²) in [6.45, 7) is 4.33. The predicted molar refractivity (Wildman–Crippen MR) is 128 cm³/mol. The second-order valence-electron chi connectivity index (χ2n) is 7.77. The van der Waals surface area contributed by atoms with Crippen LogP contribution in [0, 0.1) is 12.7 Å². The van der Waals surface area contributed by atoms with Crippen LogP contribution >= 0.6 is 0 Å². The minimum atomic E-state index is -4.10. The van der Waals surface area contributed by atoms with Crippen LogP contribution in [-0.2, 0) is 19.6 Å². The Bertz CT molecular complexity index is 1390. The molecule has 0 spiro atoms. The SMILES string of the molecule is CC(=O)c1ccc(NC(=O)[C@H](C)OC(=O)c2cccc(NS(=O)(=O)c3ccc(C)c(F)c3)c2)cc1. The summed E-state index contributed by atoms with van der Waals surface area (Å²) >= 11 is 0. The van der Waals surface area contributed by atoms with Crippen molar-refractivity contribution in [2.24, 2.45) is 0 Å². The summed E-state index contributed by atoms with van der Waals surface area (Å²) in [5.74, 6) is -2.21. The largest absolute Gasteiger partial charge is 0.449 e. The smallest absolute Gasteiger partial charge is 0.338 e. The van der Waals surface area contributed by atoms with Crippen molar-refractivity contribution in [3.8, 4) is 0 Å². The number of amides is 1. The molecule has 3 aromatic rings. The van der Waals surface area contributed by atoms with Crippen LogP contribution in [0.5, 0.6) is 0 Å². The van der Waals surface area contributed by atoms with Gasteiger partial charge < -0.3 is 10.1 Å². The lowest BCUT2D eigenvalue weighted by Crippen LogP contribution is -2.30. The number of esters is 1. The zero-order chi connectivity index (χ0) is 25.8. The number of carbonyl (C=O) groups excluding carboxylic acids is 3. The highest BCUT2D eigenvalue weighted by Crippen LogP contribution is 2.20. The van der Waals surface area contributed by atoms with E-state index in [0.29, 0.717) is 16.8 Å². The Kier molecular flexibility index (Phi) is 7.65. The Balaban J connectivity index is 1.66. The van der Waals surface area contributed by atoms with Crippen LogP contribution in [0.2, 0.25) is 0 Å². The molecule has 1 amide bonds. The molecular formula is C25H23FN2O6S. The molecule has 35 heavy (non-hydrogen) atoms. The molecule has 0 saturated carbocycles. The monoisotopic (exact) mass is 498 g/mol. The fourth-order valence-corrected chi connectivity index (χ4v) is 4.04. The number of ether oxygens (including phenoxy) is 1. The number of ketones is 1. The maximum Gasteiger partial charge on any atom is 0.338 e. The molecule has 3 rings (SSSR count). The molecule has 0 bridgehead atoms. The van der Waals surface area contributed by atoms with Crippen LogP contribution in [-0.4, -0.2) is 32.2 Å². The number of carbonyl (C=O) groups is 3. The topological polar surface area (TPSA) is 119 Å². The first kappa shape index (κ1) is 25.6. The minimum absolute atomic E-state index is 0.00532. The number of nitrogens with one attached hydrogen (secondary N) is 2. The van der Waals surface area contributed by atoms with Gasteiger partial charge in [0.15, 0.2) is 11.9 Å². The Hall–Kier alpha value is -4.05. The van der Waals surface area contributed by atoms with E-state index in [-0.39, 0.29) is 21.9 Å². The third-order valence-corrected chi connectivity index (χ3v) is 6.40. The molecule has 0 unspecified atom stereocenters. The lowest BCUT2D eigenvalue weighted by Gasteiger charge is -2.14. The summed E-state index contributed by atoms with van der Waals surface area (Å²) in [5, 5.41) is 2.58. The molecule has 0 saturated heterocycles. The van der Waals surface area contributed by atoms with E-state index in [1.807, 2.05) is 0 Å². The van der Waals surface area contributed by atoms with Crippen molar-refractivity contribution in [2.45, 2.75) is 31.8 Å². The number of Topliss-reactive ketones (excluding diaryl/α,β-unsaturated/α-hetero) is 1. The molecule has 0 aliphatic heterocycles. The molecule has 10 heteroatoms. The van der Waals surface area contributed by atoms with E-state index in [1.165, 1.54) is 57.2 Å². The van der Waals surface area contributed by atoms with E-state index in [0.717, 1.165) is 6.07 Å². The van der Waals surface area contributed by atoms with Gasteiger partial charge in [-0.05, 0) is 80.9 Å². The number of rotatable bonds is 8. The van der Waals surface area contributed by atoms with Gasteiger partial charge in [-0.1, -0.05) is 12.1 Å². The Morgan fingerprint density at radius 2 is 1.60 bits per heavy atom. The van der Waals surface area contributed by atoms with Crippen LogP contribution in [0.4, 0.5) is 15.8 Å². The van der Waals surface area contributed by atoms with E-state index >= 15 is 0 Å². The Morgan fingerprint density at radius 3 is 2.23 bits per heavy atom. The minimum Gasteiger partial charge on any atom is -0.449 e. The highest BCUT2D eigenvalue weighted by atomic mass is 32.2. The van der Waals surface area contributed by atoms with E-state index in [1.54, 1.807) is 24.3 Å². The van der Waals surface area contributed by atoms with Gasteiger partial charge in [-0.3, -0.25) is 14.3 Å². The summed E-state index contributed by atoms with van der Waals surface area (Å²) < 4.78 is 46.4. The van der Waals surface area contributed by atoms with Gasteiger partial charge in [0.1, 0.15) is 5.82 Å². The van der Waals surface area contributed by atoms with Crippen LogP contribution in [0.25, 0.3) is 0 Å². The van der Waals surface area contributed by atoms with E-state index < -0.39 is 33.8 Å². The van der Waals surface area contributed by atoms with Gasteiger partial charge in [-0.2, -0.15) is 0 Å². The van der Waals surface area contributed by atoms with Crippen LogP contribution in [0.1, 0.15) is 40.1 Å². The first-order valence-corrected chi connectivity index (χ1v) is 12.0. The third kappa shape index (κ3) is 6.51. The third-order valence-electron chi connectivity index (χ3n) is 5.02. The second kappa shape index (κ2) is 10.5. The predicted octanol–water partition coefficient (Wildman–Crippen LogP) is 4.32. The second-order valence-corrected chi connectivity index (χ2v) is 9.45. The van der Waals surface area contributed by atoms with Gasteiger partial charge >= 0.3 is 5.97 Å². The molecule has 0 aliphatic carbocycles. The van der Waals surface area contributed by atoms with Crippen molar-refractivity contribution in [3.63, 3.8) is 0 Å². The molecular weight excluding hydrogens is 475 g/mol. The molecule has 3 aromatic carbocycles. The van der Waals surface area contributed by atoms with Crippen molar-refractivity contribution in [1.29, 1.82) is 0 Å². The van der Waals surface area contributed by atoms with Crippen LogP contribution in [0.15, 0.2) is 71.6 Å². The van der Waals surface area contributed by atoms with E-state index in [4.69, 9.17) is 4.74 Å². The highest BCUT2D eigenvalue weighted by molar-refractivity contribution is 7.92. The maximum atomic E-state index is 13.8. The average Bonchev–Trinajstić information content (AvgIpc) is 2.80. The number of halogens is 1. The number of aryl methyl sites for hydroxylation is 1. The number of anilines is 2.